The zero-order valence-electron chi connectivity index (χ0n) is 20.0. The van der Waals surface area contributed by atoms with Crippen molar-refractivity contribution < 1.29 is 31.9 Å². The minimum atomic E-state index is -5.01. The number of aryl methyl sites for hydroxylation is 3. The van der Waals surface area contributed by atoms with Crippen LogP contribution in [0.3, 0.4) is 0 Å². The Kier molecular flexibility index (Phi) is 7.18. The highest BCUT2D eigenvalue weighted by molar-refractivity contribution is 6.30. The van der Waals surface area contributed by atoms with E-state index in [2.05, 4.69) is 5.32 Å². The van der Waals surface area contributed by atoms with Gasteiger partial charge in [0.25, 0.3) is 11.7 Å². The lowest BCUT2D eigenvalue weighted by molar-refractivity contribution is -0.154. The Morgan fingerprint density at radius 1 is 0.973 bits per heavy atom. The standard InChI is InChI=1S/C27H21ClF3NO5/c1-14-8-15(2)10-19(9-14)36-25-24(34)20-6-5-18(12-22(20)37-26(25)27(29,30)31)35-13-23(33)32-21-7-4-17(28)11-16(21)3/h4-12H,13H2,1-3H3,(H,32,33). The third-order valence-corrected chi connectivity index (χ3v) is 5.56. The highest BCUT2D eigenvalue weighted by Crippen LogP contribution is 2.39. The predicted molar refractivity (Wildman–Crippen MR) is 134 cm³/mol. The van der Waals surface area contributed by atoms with E-state index < -0.39 is 35.6 Å². The molecule has 0 aliphatic carbocycles. The van der Waals surface area contributed by atoms with Gasteiger partial charge < -0.3 is 19.2 Å². The molecular weight excluding hydrogens is 511 g/mol. The Bertz CT molecular complexity index is 1540. The quantitative estimate of drug-likeness (QED) is 0.285. The van der Waals surface area contributed by atoms with Gasteiger partial charge in [-0.05, 0) is 79.9 Å². The van der Waals surface area contributed by atoms with Gasteiger partial charge in [0.1, 0.15) is 17.1 Å². The lowest BCUT2D eigenvalue weighted by Crippen LogP contribution is -2.20. The second-order valence-corrected chi connectivity index (χ2v) is 8.90. The maximum Gasteiger partial charge on any atom is 0.453 e. The Labute approximate surface area is 214 Å². The number of ether oxygens (including phenoxy) is 2. The van der Waals surface area contributed by atoms with Crippen molar-refractivity contribution in [3.05, 3.63) is 92.3 Å². The summed E-state index contributed by atoms with van der Waals surface area (Å²) in [7, 11) is 0. The number of rotatable bonds is 6. The van der Waals surface area contributed by atoms with Crippen molar-refractivity contribution in [2.24, 2.45) is 0 Å². The van der Waals surface area contributed by atoms with E-state index in [1.54, 1.807) is 39.0 Å². The fourth-order valence-electron chi connectivity index (χ4n) is 3.74. The van der Waals surface area contributed by atoms with Crippen LogP contribution in [0.2, 0.25) is 5.02 Å². The van der Waals surface area contributed by atoms with Gasteiger partial charge in [0, 0.05) is 16.8 Å². The molecule has 0 atom stereocenters. The van der Waals surface area contributed by atoms with Crippen molar-refractivity contribution in [2.45, 2.75) is 26.9 Å². The van der Waals surface area contributed by atoms with E-state index in [0.717, 1.165) is 22.8 Å². The number of hydrogen-bond donors (Lipinski definition) is 1. The van der Waals surface area contributed by atoms with Gasteiger partial charge in [0.05, 0.1) is 5.39 Å². The number of anilines is 1. The normalized spacial score (nSPS) is 11.4. The molecule has 4 rings (SSSR count). The van der Waals surface area contributed by atoms with Gasteiger partial charge in [-0.2, -0.15) is 13.2 Å². The molecular formula is C27H21ClF3NO5. The summed E-state index contributed by atoms with van der Waals surface area (Å²) in [4.78, 5) is 25.3. The van der Waals surface area contributed by atoms with Crippen LogP contribution in [0.15, 0.2) is 63.8 Å². The SMILES string of the molecule is Cc1cc(C)cc(Oc2c(C(F)(F)F)oc3cc(OCC(=O)Nc4ccc(Cl)cc4C)ccc3c2=O)c1. The maximum atomic E-state index is 13.8. The Hall–Kier alpha value is -3.98. The zero-order valence-corrected chi connectivity index (χ0v) is 20.7. The van der Waals surface area contributed by atoms with E-state index in [4.69, 9.17) is 25.5 Å². The number of alkyl halides is 3. The third-order valence-electron chi connectivity index (χ3n) is 5.33. The summed E-state index contributed by atoms with van der Waals surface area (Å²) in [5.74, 6) is -2.92. The van der Waals surface area contributed by atoms with Crippen LogP contribution in [0, 0.1) is 20.8 Å². The molecule has 4 aromatic rings. The molecule has 0 saturated carbocycles. The number of carbonyl (C=O) groups is 1. The summed E-state index contributed by atoms with van der Waals surface area (Å²) in [5.41, 5.74) is 1.43. The first-order chi connectivity index (χ1) is 17.4. The molecule has 0 saturated heterocycles. The van der Waals surface area contributed by atoms with Gasteiger partial charge in [-0.1, -0.05) is 17.7 Å². The van der Waals surface area contributed by atoms with Crippen LogP contribution in [-0.2, 0) is 11.0 Å². The highest BCUT2D eigenvalue weighted by atomic mass is 35.5. The van der Waals surface area contributed by atoms with E-state index >= 15 is 0 Å². The number of halogens is 4. The Morgan fingerprint density at radius 3 is 2.32 bits per heavy atom. The molecule has 10 heteroatoms. The molecule has 192 valence electrons. The average Bonchev–Trinajstić information content (AvgIpc) is 2.80. The topological polar surface area (TPSA) is 77.8 Å². The molecule has 0 radical (unpaired) electrons. The molecule has 37 heavy (non-hydrogen) atoms. The van der Waals surface area contributed by atoms with Crippen molar-refractivity contribution in [1.82, 2.24) is 0 Å². The first-order valence-corrected chi connectivity index (χ1v) is 11.4. The van der Waals surface area contributed by atoms with E-state index in [-0.39, 0.29) is 22.5 Å². The van der Waals surface area contributed by atoms with E-state index in [0.29, 0.717) is 10.7 Å². The molecule has 1 heterocycles. The van der Waals surface area contributed by atoms with Crippen LogP contribution in [-0.4, -0.2) is 12.5 Å². The fourth-order valence-corrected chi connectivity index (χ4v) is 3.96. The number of fused-ring (bicyclic) bond motifs is 1. The first kappa shape index (κ1) is 26.1. The average molecular weight is 532 g/mol. The molecule has 0 aliphatic heterocycles. The minimum absolute atomic E-state index is 0.0368. The molecule has 6 nitrogen and oxygen atoms in total. The van der Waals surface area contributed by atoms with Crippen molar-refractivity contribution in [3.63, 3.8) is 0 Å². The number of benzene rings is 3. The first-order valence-electron chi connectivity index (χ1n) is 11.0. The van der Waals surface area contributed by atoms with Crippen molar-refractivity contribution in [2.75, 3.05) is 11.9 Å². The lowest BCUT2D eigenvalue weighted by Gasteiger charge is -2.14. The van der Waals surface area contributed by atoms with Gasteiger partial charge in [-0.15, -0.1) is 0 Å². The monoisotopic (exact) mass is 531 g/mol. The molecule has 3 aromatic carbocycles. The van der Waals surface area contributed by atoms with Crippen LogP contribution in [0.4, 0.5) is 18.9 Å². The fraction of sp³-hybridized carbons (Fsp3) is 0.185. The maximum absolute atomic E-state index is 13.8. The summed E-state index contributed by atoms with van der Waals surface area (Å²) in [5, 5.41) is 3.04. The van der Waals surface area contributed by atoms with Crippen LogP contribution in [0.1, 0.15) is 22.5 Å². The summed E-state index contributed by atoms with van der Waals surface area (Å²) < 4.78 is 57.4. The van der Waals surface area contributed by atoms with E-state index in [1.807, 2.05) is 6.07 Å². The van der Waals surface area contributed by atoms with Gasteiger partial charge in [-0.25, -0.2) is 0 Å². The number of nitrogens with one attached hydrogen (secondary N) is 1. The van der Waals surface area contributed by atoms with Gasteiger partial charge in [0.2, 0.25) is 11.2 Å². The summed E-state index contributed by atoms with van der Waals surface area (Å²) >= 11 is 5.91. The Balaban J connectivity index is 1.61. The van der Waals surface area contributed by atoms with E-state index in [9.17, 15) is 22.8 Å². The number of amides is 1. The second kappa shape index (κ2) is 10.2. The minimum Gasteiger partial charge on any atom is -0.484 e. The molecule has 0 fully saturated rings. The Morgan fingerprint density at radius 2 is 1.68 bits per heavy atom. The van der Waals surface area contributed by atoms with Gasteiger partial charge >= 0.3 is 6.18 Å². The summed E-state index contributed by atoms with van der Waals surface area (Å²) in [6.07, 6.45) is -5.01. The van der Waals surface area contributed by atoms with Crippen LogP contribution < -0.4 is 20.2 Å². The largest absolute Gasteiger partial charge is 0.484 e. The number of hydrogen-bond acceptors (Lipinski definition) is 5. The summed E-state index contributed by atoms with van der Waals surface area (Å²) in [6.45, 7) is 4.85. The molecule has 1 amide bonds. The highest BCUT2D eigenvalue weighted by Gasteiger charge is 2.40. The number of carbonyl (C=O) groups excluding carboxylic acids is 1. The van der Waals surface area contributed by atoms with Gasteiger partial charge in [-0.3, -0.25) is 9.59 Å². The zero-order chi connectivity index (χ0) is 26.9. The predicted octanol–water partition coefficient (Wildman–Crippen LogP) is 7.20. The summed E-state index contributed by atoms with van der Waals surface area (Å²) in [6, 6.07) is 13.5. The van der Waals surface area contributed by atoms with Crippen LogP contribution in [0.25, 0.3) is 11.0 Å². The van der Waals surface area contributed by atoms with Gasteiger partial charge in [0.15, 0.2) is 6.61 Å². The molecule has 1 aromatic heterocycles. The smallest absolute Gasteiger partial charge is 0.453 e. The second-order valence-electron chi connectivity index (χ2n) is 8.47. The third kappa shape index (κ3) is 6.06. The van der Waals surface area contributed by atoms with Crippen molar-refractivity contribution in [3.8, 4) is 17.2 Å². The molecule has 1 N–H and O–H groups in total. The van der Waals surface area contributed by atoms with Crippen LogP contribution in [0.5, 0.6) is 17.2 Å². The lowest BCUT2D eigenvalue weighted by atomic mass is 10.1. The van der Waals surface area contributed by atoms with Crippen molar-refractivity contribution in [1.29, 1.82) is 0 Å². The van der Waals surface area contributed by atoms with Crippen LogP contribution >= 0.6 is 11.6 Å². The molecule has 0 spiro atoms. The molecule has 0 bridgehead atoms. The van der Waals surface area contributed by atoms with Crippen molar-refractivity contribution >= 4 is 34.2 Å². The molecule has 0 unspecified atom stereocenters. The van der Waals surface area contributed by atoms with E-state index in [1.165, 1.54) is 24.3 Å². The molecule has 0 aliphatic rings.